The van der Waals surface area contributed by atoms with Crippen LogP contribution < -0.4 is 0 Å². The van der Waals surface area contributed by atoms with E-state index in [4.69, 9.17) is 0 Å². The summed E-state index contributed by atoms with van der Waals surface area (Å²) in [6.45, 7) is -1.17. The number of hydrogen-bond donors (Lipinski definition) is 0. The van der Waals surface area contributed by atoms with Gasteiger partial charge >= 0.3 is 12.3 Å². The number of methoxy groups -OCH3 is 1. The van der Waals surface area contributed by atoms with Crippen LogP contribution in [0.3, 0.4) is 0 Å². The first-order valence-corrected chi connectivity index (χ1v) is 3.43. The van der Waals surface area contributed by atoms with Crippen LogP contribution in [0.2, 0.25) is 0 Å². The van der Waals surface area contributed by atoms with Crippen molar-refractivity contribution >= 4 is 0 Å². The first kappa shape index (κ1) is 13.5. The molecule has 0 heterocycles. The third-order valence-electron chi connectivity index (χ3n) is 1.16. The van der Waals surface area contributed by atoms with Crippen molar-refractivity contribution in [1.82, 2.24) is 0 Å². The lowest BCUT2D eigenvalue weighted by atomic mass is 10.3. The van der Waals surface area contributed by atoms with E-state index in [-0.39, 0.29) is 6.61 Å². The first-order chi connectivity index (χ1) is 6.22. The van der Waals surface area contributed by atoms with Gasteiger partial charge in [0.15, 0.2) is 0 Å². The molecule has 2 nitrogen and oxygen atoms in total. The Kier molecular flexibility index (Phi) is 4.66. The second kappa shape index (κ2) is 4.83. The van der Waals surface area contributed by atoms with Crippen LogP contribution in [0.25, 0.3) is 0 Å². The van der Waals surface area contributed by atoms with Crippen LogP contribution in [-0.4, -0.2) is 38.8 Å². The summed E-state index contributed by atoms with van der Waals surface area (Å²) in [5.41, 5.74) is 0. The summed E-state index contributed by atoms with van der Waals surface area (Å²) < 4.78 is 78.7. The number of hydrogen-bond acceptors (Lipinski definition) is 2. The van der Waals surface area contributed by atoms with Crippen molar-refractivity contribution in [3.8, 4) is 0 Å². The monoisotopic (exact) mass is 226 g/mol. The Bertz CT molecular complexity index is 168. The third kappa shape index (κ3) is 4.14. The highest BCUT2D eigenvalue weighted by Crippen LogP contribution is 2.35. The minimum atomic E-state index is -5.64. The SMILES string of the molecule is COCCOC(F)(F)C(F)C(F)(F)F. The predicted octanol–water partition coefficient (Wildman–Crippen LogP) is 2.14. The van der Waals surface area contributed by atoms with Gasteiger partial charge in [-0.2, -0.15) is 22.0 Å². The average Bonchev–Trinajstić information content (AvgIpc) is 2.01. The van der Waals surface area contributed by atoms with Crippen LogP contribution >= 0.6 is 0 Å². The summed E-state index contributed by atoms with van der Waals surface area (Å²) in [5, 5.41) is 0. The summed E-state index contributed by atoms with van der Waals surface area (Å²) in [7, 11) is 1.14. The van der Waals surface area contributed by atoms with E-state index in [2.05, 4.69) is 9.47 Å². The van der Waals surface area contributed by atoms with Gasteiger partial charge in [0.25, 0.3) is 6.17 Å². The quantitative estimate of drug-likeness (QED) is 0.528. The molecule has 0 aromatic heterocycles. The molecule has 0 radical (unpaired) electrons. The lowest BCUT2D eigenvalue weighted by Gasteiger charge is -2.22. The molecule has 0 rings (SSSR count). The summed E-state index contributed by atoms with van der Waals surface area (Å²) in [5.74, 6) is 0. The van der Waals surface area contributed by atoms with Crippen LogP contribution in [0.1, 0.15) is 0 Å². The second-order valence-electron chi connectivity index (χ2n) is 2.31. The molecule has 1 atom stereocenters. The number of ether oxygens (including phenoxy) is 2. The number of halogens is 6. The van der Waals surface area contributed by atoms with Crippen molar-refractivity contribution in [3.63, 3.8) is 0 Å². The third-order valence-corrected chi connectivity index (χ3v) is 1.16. The van der Waals surface area contributed by atoms with E-state index >= 15 is 0 Å². The second-order valence-corrected chi connectivity index (χ2v) is 2.31. The zero-order valence-electron chi connectivity index (χ0n) is 7.08. The van der Waals surface area contributed by atoms with E-state index in [1.54, 1.807) is 0 Å². The maximum absolute atomic E-state index is 12.3. The van der Waals surface area contributed by atoms with Gasteiger partial charge in [0.2, 0.25) is 0 Å². The van der Waals surface area contributed by atoms with Crippen molar-refractivity contribution in [3.05, 3.63) is 0 Å². The zero-order valence-corrected chi connectivity index (χ0v) is 7.08. The van der Waals surface area contributed by atoms with Gasteiger partial charge in [0.05, 0.1) is 13.2 Å². The Morgan fingerprint density at radius 3 is 1.93 bits per heavy atom. The van der Waals surface area contributed by atoms with E-state index in [0.717, 1.165) is 7.11 Å². The van der Waals surface area contributed by atoms with Crippen LogP contribution in [0.5, 0.6) is 0 Å². The minimum Gasteiger partial charge on any atom is -0.382 e. The molecule has 14 heavy (non-hydrogen) atoms. The Morgan fingerprint density at radius 1 is 1.07 bits per heavy atom. The highest BCUT2D eigenvalue weighted by atomic mass is 19.4. The van der Waals surface area contributed by atoms with Crippen molar-refractivity contribution < 1.29 is 35.8 Å². The molecule has 0 N–H and O–H groups in total. The van der Waals surface area contributed by atoms with Gasteiger partial charge in [-0.25, -0.2) is 4.39 Å². The average molecular weight is 226 g/mol. The fourth-order valence-electron chi connectivity index (χ4n) is 0.525. The highest BCUT2D eigenvalue weighted by molar-refractivity contribution is 4.75. The fourth-order valence-corrected chi connectivity index (χ4v) is 0.525. The molecule has 0 spiro atoms. The normalized spacial score (nSPS) is 15.6. The summed E-state index contributed by atoms with van der Waals surface area (Å²) in [6, 6.07) is 0. The van der Waals surface area contributed by atoms with E-state index in [1.807, 2.05) is 0 Å². The van der Waals surface area contributed by atoms with E-state index in [1.165, 1.54) is 0 Å². The van der Waals surface area contributed by atoms with Gasteiger partial charge in [-0.1, -0.05) is 0 Å². The molecular weight excluding hydrogens is 218 g/mol. The van der Waals surface area contributed by atoms with Crippen molar-refractivity contribution in [2.45, 2.75) is 18.5 Å². The molecule has 0 bridgehead atoms. The molecule has 0 aromatic carbocycles. The number of rotatable bonds is 5. The highest BCUT2D eigenvalue weighted by Gasteiger charge is 2.58. The standard InChI is InChI=1S/C6H8F6O2/c1-13-2-3-14-6(11,12)4(7)5(8,9)10/h4H,2-3H2,1H3. The van der Waals surface area contributed by atoms with Gasteiger partial charge in [0.1, 0.15) is 0 Å². The molecule has 0 aliphatic carbocycles. The van der Waals surface area contributed by atoms with Crippen molar-refractivity contribution in [1.29, 1.82) is 0 Å². The molecule has 1 unspecified atom stereocenters. The largest absolute Gasteiger partial charge is 0.428 e. The van der Waals surface area contributed by atoms with Gasteiger partial charge in [-0.3, -0.25) is 0 Å². The first-order valence-electron chi connectivity index (χ1n) is 3.43. The van der Waals surface area contributed by atoms with Gasteiger partial charge in [-0.15, -0.1) is 0 Å². The smallest absolute Gasteiger partial charge is 0.382 e. The maximum atomic E-state index is 12.3. The summed E-state index contributed by atoms with van der Waals surface area (Å²) in [4.78, 5) is 0. The molecule has 0 aliphatic rings. The lowest BCUT2D eigenvalue weighted by Crippen LogP contribution is -2.44. The van der Waals surface area contributed by atoms with Crippen LogP contribution in [0, 0.1) is 0 Å². The van der Waals surface area contributed by atoms with Crippen molar-refractivity contribution in [2.75, 3.05) is 20.3 Å². The number of alkyl halides is 6. The Labute approximate surface area is 75.8 Å². The molecule has 0 aromatic rings. The topological polar surface area (TPSA) is 18.5 Å². The molecule has 0 saturated heterocycles. The minimum absolute atomic E-state index is 0.347. The van der Waals surface area contributed by atoms with E-state index < -0.39 is 25.1 Å². The van der Waals surface area contributed by atoms with Gasteiger partial charge in [0, 0.05) is 7.11 Å². The fraction of sp³-hybridized carbons (Fsp3) is 1.00. The van der Waals surface area contributed by atoms with Gasteiger partial charge in [-0.05, 0) is 0 Å². The zero-order chi connectivity index (χ0) is 11.4. The molecule has 0 fully saturated rings. The Hall–Kier alpha value is -0.500. The van der Waals surface area contributed by atoms with Crippen LogP contribution in [0.4, 0.5) is 26.3 Å². The Balaban J connectivity index is 4.16. The molecule has 86 valence electrons. The molecular formula is C6H8F6O2. The van der Waals surface area contributed by atoms with E-state index in [9.17, 15) is 26.3 Å². The van der Waals surface area contributed by atoms with Crippen LogP contribution in [-0.2, 0) is 9.47 Å². The summed E-state index contributed by atoms with van der Waals surface area (Å²) >= 11 is 0. The Morgan fingerprint density at radius 2 is 1.57 bits per heavy atom. The van der Waals surface area contributed by atoms with Crippen LogP contribution in [0.15, 0.2) is 0 Å². The van der Waals surface area contributed by atoms with Gasteiger partial charge < -0.3 is 9.47 Å². The van der Waals surface area contributed by atoms with Crippen molar-refractivity contribution in [2.24, 2.45) is 0 Å². The predicted molar refractivity (Wildman–Crippen MR) is 33.7 cm³/mol. The summed E-state index contributed by atoms with van der Waals surface area (Å²) in [6.07, 6.45) is -14.8. The molecule has 0 saturated carbocycles. The molecule has 8 heteroatoms. The molecule has 0 amide bonds. The molecule has 0 aliphatic heterocycles. The maximum Gasteiger partial charge on any atom is 0.428 e. The van der Waals surface area contributed by atoms with E-state index in [0.29, 0.717) is 0 Å². The lowest BCUT2D eigenvalue weighted by molar-refractivity contribution is -0.336.